The highest BCUT2D eigenvalue weighted by atomic mass is 32.2. The Morgan fingerprint density at radius 1 is 1.52 bits per heavy atom. The third-order valence-corrected chi connectivity index (χ3v) is 4.93. The van der Waals surface area contributed by atoms with Gasteiger partial charge in [-0.25, -0.2) is 0 Å². The number of aromatic nitrogens is 1. The number of thioether (sulfide) groups is 1. The fraction of sp³-hybridized carbons (Fsp3) is 0.562. The first-order valence-electron chi connectivity index (χ1n) is 7.61. The van der Waals surface area contributed by atoms with E-state index in [0.29, 0.717) is 0 Å². The van der Waals surface area contributed by atoms with Gasteiger partial charge in [0.2, 0.25) is 0 Å². The standard InChI is InChI=1S/C16H25N3OS/c1-2-3-8-21-11-13(10-20)19-9-12-4-5-14-15(17)6-7-18-16(12)14/h4,6-7,13,19-20H,2-3,5,8-11H2,1H3,(H2,17,18)/t13-/m1/s1. The molecular formula is C16H25N3OS. The molecule has 0 saturated carbocycles. The van der Waals surface area contributed by atoms with Gasteiger partial charge in [0, 0.05) is 35.8 Å². The van der Waals surface area contributed by atoms with Crippen LogP contribution in [0.2, 0.25) is 0 Å². The highest BCUT2D eigenvalue weighted by Crippen LogP contribution is 2.28. The molecule has 1 heterocycles. The zero-order valence-corrected chi connectivity index (χ0v) is 13.5. The number of hydrogen-bond donors (Lipinski definition) is 3. The van der Waals surface area contributed by atoms with Gasteiger partial charge < -0.3 is 16.2 Å². The number of anilines is 1. The summed E-state index contributed by atoms with van der Waals surface area (Å²) in [4.78, 5) is 4.44. The van der Waals surface area contributed by atoms with Crippen molar-refractivity contribution in [1.82, 2.24) is 10.3 Å². The maximum Gasteiger partial charge on any atom is 0.0727 e. The van der Waals surface area contributed by atoms with E-state index in [2.05, 4.69) is 23.3 Å². The number of hydrogen-bond acceptors (Lipinski definition) is 5. The molecule has 0 aromatic carbocycles. The van der Waals surface area contributed by atoms with Crippen molar-refractivity contribution in [3.8, 4) is 0 Å². The van der Waals surface area contributed by atoms with E-state index in [0.717, 1.165) is 41.4 Å². The van der Waals surface area contributed by atoms with E-state index < -0.39 is 0 Å². The fourth-order valence-electron chi connectivity index (χ4n) is 2.38. The van der Waals surface area contributed by atoms with Crippen molar-refractivity contribution in [1.29, 1.82) is 0 Å². The monoisotopic (exact) mass is 307 g/mol. The summed E-state index contributed by atoms with van der Waals surface area (Å²) in [5.41, 5.74) is 10.1. The van der Waals surface area contributed by atoms with Gasteiger partial charge in [-0.3, -0.25) is 4.98 Å². The van der Waals surface area contributed by atoms with Gasteiger partial charge in [0.15, 0.2) is 0 Å². The number of unbranched alkanes of at least 4 members (excludes halogenated alkanes) is 1. The van der Waals surface area contributed by atoms with Crippen molar-refractivity contribution in [3.63, 3.8) is 0 Å². The molecule has 0 saturated heterocycles. The molecule has 5 heteroatoms. The summed E-state index contributed by atoms with van der Waals surface area (Å²) in [5, 5.41) is 12.9. The fourth-order valence-corrected chi connectivity index (χ4v) is 3.55. The Morgan fingerprint density at radius 2 is 2.38 bits per heavy atom. The summed E-state index contributed by atoms with van der Waals surface area (Å²) in [7, 11) is 0. The van der Waals surface area contributed by atoms with Crippen molar-refractivity contribution in [2.75, 3.05) is 30.4 Å². The lowest BCUT2D eigenvalue weighted by Gasteiger charge is -2.16. The molecule has 0 spiro atoms. The molecule has 1 aromatic heterocycles. The smallest absolute Gasteiger partial charge is 0.0727 e. The number of nitrogens with one attached hydrogen (secondary N) is 1. The van der Waals surface area contributed by atoms with E-state index in [1.165, 1.54) is 18.4 Å². The number of nitrogens with two attached hydrogens (primary N) is 1. The van der Waals surface area contributed by atoms with Crippen LogP contribution in [-0.4, -0.2) is 40.8 Å². The Balaban J connectivity index is 1.82. The van der Waals surface area contributed by atoms with Crippen LogP contribution in [0.1, 0.15) is 31.0 Å². The third kappa shape index (κ3) is 4.46. The number of pyridine rings is 1. The van der Waals surface area contributed by atoms with Gasteiger partial charge >= 0.3 is 0 Å². The summed E-state index contributed by atoms with van der Waals surface area (Å²) in [5.74, 6) is 2.11. The Labute approximate surface area is 131 Å². The average molecular weight is 307 g/mol. The summed E-state index contributed by atoms with van der Waals surface area (Å²) in [6, 6.07) is 1.99. The third-order valence-electron chi connectivity index (χ3n) is 3.71. The van der Waals surface area contributed by atoms with E-state index in [4.69, 9.17) is 5.73 Å². The van der Waals surface area contributed by atoms with Gasteiger partial charge in [0.25, 0.3) is 0 Å². The van der Waals surface area contributed by atoms with Crippen molar-refractivity contribution in [3.05, 3.63) is 29.6 Å². The molecule has 2 rings (SSSR count). The highest BCUT2D eigenvalue weighted by Gasteiger charge is 2.18. The maximum absolute atomic E-state index is 9.46. The molecule has 0 unspecified atom stereocenters. The van der Waals surface area contributed by atoms with Crippen molar-refractivity contribution in [2.45, 2.75) is 32.2 Å². The Bertz CT molecular complexity index is 490. The lowest BCUT2D eigenvalue weighted by atomic mass is 10.1. The van der Waals surface area contributed by atoms with Crippen LogP contribution >= 0.6 is 11.8 Å². The number of fused-ring (bicyclic) bond motifs is 1. The zero-order valence-electron chi connectivity index (χ0n) is 12.6. The van der Waals surface area contributed by atoms with Crippen molar-refractivity contribution < 1.29 is 5.11 Å². The SMILES string of the molecule is CCCCSC[C@@H](CO)NCC1=CCc2c(N)ccnc21. The lowest BCUT2D eigenvalue weighted by Crippen LogP contribution is -2.35. The minimum atomic E-state index is 0.137. The quantitative estimate of drug-likeness (QED) is 0.609. The van der Waals surface area contributed by atoms with Crippen LogP contribution in [0.15, 0.2) is 18.3 Å². The van der Waals surface area contributed by atoms with E-state index in [9.17, 15) is 5.11 Å². The normalized spacial score (nSPS) is 14.9. The highest BCUT2D eigenvalue weighted by molar-refractivity contribution is 7.99. The lowest BCUT2D eigenvalue weighted by molar-refractivity contribution is 0.257. The molecule has 0 bridgehead atoms. The van der Waals surface area contributed by atoms with Crippen LogP contribution in [0.5, 0.6) is 0 Å². The van der Waals surface area contributed by atoms with Gasteiger partial charge in [-0.1, -0.05) is 19.4 Å². The van der Waals surface area contributed by atoms with Crippen LogP contribution in [0.25, 0.3) is 5.57 Å². The summed E-state index contributed by atoms with van der Waals surface area (Å²) >= 11 is 1.90. The maximum atomic E-state index is 9.46. The second kappa shape index (κ2) is 8.41. The van der Waals surface area contributed by atoms with E-state index >= 15 is 0 Å². The predicted octanol–water partition coefficient (Wildman–Crippen LogP) is 2.09. The van der Waals surface area contributed by atoms with E-state index in [1.54, 1.807) is 6.20 Å². The largest absolute Gasteiger partial charge is 0.398 e. The van der Waals surface area contributed by atoms with Gasteiger partial charge in [-0.15, -0.1) is 0 Å². The van der Waals surface area contributed by atoms with Crippen molar-refractivity contribution in [2.24, 2.45) is 0 Å². The van der Waals surface area contributed by atoms with Crippen LogP contribution in [-0.2, 0) is 6.42 Å². The van der Waals surface area contributed by atoms with Crippen LogP contribution in [0.3, 0.4) is 0 Å². The Kier molecular flexibility index (Phi) is 6.54. The zero-order chi connectivity index (χ0) is 15.1. The number of rotatable bonds is 9. The number of nitrogens with zero attached hydrogens (tertiary/aromatic N) is 1. The Hall–Kier alpha value is -1.04. The molecule has 0 amide bonds. The Morgan fingerprint density at radius 3 is 3.14 bits per heavy atom. The second-order valence-corrected chi connectivity index (χ2v) is 6.50. The summed E-state index contributed by atoms with van der Waals surface area (Å²) in [6.07, 6.45) is 7.27. The first-order valence-corrected chi connectivity index (χ1v) is 8.76. The predicted molar refractivity (Wildman–Crippen MR) is 91.4 cm³/mol. The first-order chi connectivity index (χ1) is 10.3. The molecule has 0 aliphatic heterocycles. The molecule has 21 heavy (non-hydrogen) atoms. The molecule has 0 fully saturated rings. The van der Waals surface area contributed by atoms with Gasteiger partial charge in [0.1, 0.15) is 0 Å². The first kappa shape index (κ1) is 16.3. The minimum Gasteiger partial charge on any atom is -0.398 e. The van der Waals surface area contributed by atoms with Gasteiger partial charge in [0.05, 0.1) is 12.3 Å². The number of nitrogen functional groups attached to an aromatic ring is 1. The molecule has 4 nitrogen and oxygen atoms in total. The topological polar surface area (TPSA) is 71.2 Å². The van der Waals surface area contributed by atoms with Crippen molar-refractivity contribution >= 4 is 23.0 Å². The number of allylic oxidation sites excluding steroid dienone is 1. The molecule has 4 N–H and O–H groups in total. The van der Waals surface area contributed by atoms with Crippen LogP contribution in [0.4, 0.5) is 5.69 Å². The second-order valence-electron chi connectivity index (χ2n) is 5.35. The number of aliphatic hydroxyl groups is 1. The average Bonchev–Trinajstić information content (AvgIpc) is 2.91. The van der Waals surface area contributed by atoms with Crippen LogP contribution < -0.4 is 11.1 Å². The molecule has 1 aromatic rings. The molecule has 1 aliphatic rings. The summed E-state index contributed by atoms with van der Waals surface area (Å²) in [6.45, 7) is 3.11. The van der Waals surface area contributed by atoms with Gasteiger partial charge in [-0.2, -0.15) is 11.8 Å². The van der Waals surface area contributed by atoms with E-state index in [-0.39, 0.29) is 12.6 Å². The molecule has 116 valence electrons. The molecule has 1 atom stereocenters. The molecular weight excluding hydrogens is 282 g/mol. The summed E-state index contributed by atoms with van der Waals surface area (Å²) < 4.78 is 0. The molecule has 0 radical (unpaired) electrons. The van der Waals surface area contributed by atoms with Crippen LogP contribution in [0, 0.1) is 0 Å². The molecule has 1 aliphatic carbocycles. The van der Waals surface area contributed by atoms with E-state index in [1.807, 2.05) is 17.8 Å². The van der Waals surface area contributed by atoms with Gasteiger partial charge in [-0.05, 0) is 30.2 Å². The number of aliphatic hydroxyl groups excluding tert-OH is 1. The minimum absolute atomic E-state index is 0.137.